The fourth-order valence-electron chi connectivity index (χ4n) is 8.98. The van der Waals surface area contributed by atoms with Crippen LogP contribution in [-0.4, -0.2) is 145 Å². The topological polar surface area (TPSA) is 109 Å². The summed E-state index contributed by atoms with van der Waals surface area (Å²) in [6.45, 7) is 12.6. The van der Waals surface area contributed by atoms with Crippen LogP contribution < -0.4 is 15.6 Å². The molecule has 1 amide bonds. The summed E-state index contributed by atoms with van der Waals surface area (Å²) in [4.78, 5) is 37.3. The number of carbonyl (C=O) groups is 1. The second-order valence-corrected chi connectivity index (χ2v) is 17.0. The number of benzene rings is 2. The van der Waals surface area contributed by atoms with Crippen molar-refractivity contribution in [3.8, 4) is 0 Å². The van der Waals surface area contributed by atoms with Gasteiger partial charge in [0, 0.05) is 107 Å². The van der Waals surface area contributed by atoms with Crippen LogP contribution in [0.3, 0.4) is 0 Å². The van der Waals surface area contributed by atoms with Gasteiger partial charge in [-0.15, -0.1) is 9.24 Å². The molecule has 6 heterocycles. The minimum atomic E-state index is -0.593. The predicted octanol–water partition coefficient (Wildman–Crippen LogP) is 5.15. The average molecular weight is 872 g/mol. The number of aromatic nitrogens is 2. The number of aryl methyl sites for hydroxylation is 1. The van der Waals surface area contributed by atoms with Crippen molar-refractivity contribution >= 4 is 55.8 Å². The van der Waals surface area contributed by atoms with Crippen molar-refractivity contribution in [1.29, 1.82) is 0 Å². The second kappa shape index (κ2) is 19.4. The van der Waals surface area contributed by atoms with E-state index in [-0.39, 0.29) is 43.1 Å². The minimum absolute atomic E-state index is 0.0953. The van der Waals surface area contributed by atoms with Crippen LogP contribution >= 0.6 is 9.24 Å². The first-order valence-electron chi connectivity index (χ1n) is 21.0. The average Bonchev–Trinajstić information content (AvgIpc) is 3.81. The number of fused-ring (bicyclic) bond motifs is 4. The Morgan fingerprint density at radius 3 is 2.58 bits per heavy atom. The Labute approximate surface area is 364 Å². The molecule has 2 aromatic carbocycles. The number of nitrogens with zero attached hydrogens (tertiary/aromatic N) is 10. The van der Waals surface area contributed by atoms with E-state index in [4.69, 9.17) is 19.8 Å². The molecule has 6 atom stereocenters. The summed E-state index contributed by atoms with van der Waals surface area (Å²) in [5.41, 5.74) is 3.88. The van der Waals surface area contributed by atoms with Crippen molar-refractivity contribution < 1.29 is 22.7 Å². The number of hydrogen-bond acceptors (Lipinski definition) is 11. The lowest BCUT2D eigenvalue weighted by atomic mass is 9.87. The SMILES string of the molecule is C=C(\N=C/C(/C=N\N(C)c1ccc(F)cc1P)=C(\C)N1CC2CC1C(=O)N(C)CC(OC)Cn1c(C)nc3cc(F)cc(c31)/C=N/C(=C\C=C/C)N2)N1CC2CC(C1)N2CCF. The van der Waals surface area contributed by atoms with Gasteiger partial charge in [0.1, 0.15) is 41.8 Å². The van der Waals surface area contributed by atoms with E-state index in [0.29, 0.717) is 84.3 Å². The maximum atomic E-state index is 15.0. The van der Waals surface area contributed by atoms with Crippen molar-refractivity contribution in [2.75, 3.05) is 65.6 Å². The molecule has 62 heavy (non-hydrogen) atoms. The molecule has 0 radical (unpaired) electrons. The zero-order chi connectivity index (χ0) is 44.2. The van der Waals surface area contributed by atoms with Crippen molar-refractivity contribution in [2.24, 2.45) is 15.1 Å². The largest absolute Gasteiger partial charge is 0.378 e. The number of aliphatic imine (C=N–C) groups is 2. The number of piperazine rings is 1. The third kappa shape index (κ3) is 9.67. The molecule has 5 aliphatic rings. The van der Waals surface area contributed by atoms with Gasteiger partial charge in [-0.2, -0.15) is 5.10 Å². The Morgan fingerprint density at radius 2 is 1.87 bits per heavy atom. The van der Waals surface area contributed by atoms with Gasteiger partial charge in [0.2, 0.25) is 5.91 Å². The predicted molar refractivity (Wildman–Crippen MR) is 245 cm³/mol. The molecule has 6 unspecified atom stereocenters. The number of halogens is 3. The first-order chi connectivity index (χ1) is 29.8. The molecule has 4 bridgehead atoms. The van der Waals surface area contributed by atoms with Crippen molar-refractivity contribution in [3.05, 3.63) is 101 Å². The summed E-state index contributed by atoms with van der Waals surface area (Å²) in [6.07, 6.45) is 11.8. The number of piperidine rings is 1. The zero-order valence-electron chi connectivity index (χ0n) is 36.3. The molecule has 17 heteroatoms. The summed E-state index contributed by atoms with van der Waals surface area (Å²) in [7, 11) is 7.74. The number of hydrazone groups is 1. The van der Waals surface area contributed by atoms with Gasteiger partial charge >= 0.3 is 0 Å². The van der Waals surface area contributed by atoms with Gasteiger partial charge in [-0.3, -0.25) is 14.7 Å². The van der Waals surface area contributed by atoms with E-state index in [0.717, 1.165) is 17.6 Å². The fourth-order valence-corrected chi connectivity index (χ4v) is 9.42. The van der Waals surface area contributed by atoms with Crippen molar-refractivity contribution in [3.63, 3.8) is 0 Å². The maximum Gasteiger partial charge on any atom is 0.245 e. The van der Waals surface area contributed by atoms with Crippen LogP contribution in [0.4, 0.5) is 18.9 Å². The first kappa shape index (κ1) is 44.7. The van der Waals surface area contributed by atoms with Crippen LogP contribution in [0, 0.1) is 18.6 Å². The molecule has 1 N–H and O–H groups in total. The molecule has 8 rings (SSSR count). The Bertz CT molecular complexity index is 2350. The summed E-state index contributed by atoms with van der Waals surface area (Å²) < 4.78 is 50.2. The molecule has 330 valence electrons. The molecule has 0 aliphatic carbocycles. The molecule has 4 saturated heterocycles. The number of likely N-dealkylation sites (tertiary alicyclic amines) is 1. The minimum Gasteiger partial charge on any atom is -0.378 e. The molecule has 0 saturated carbocycles. The highest BCUT2D eigenvalue weighted by atomic mass is 31.0. The van der Waals surface area contributed by atoms with E-state index in [1.165, 1.54) is 24.3 Å². The molecule has 4 fully saturated rings. The molecule has 1 aromatic heterocycles. The van der Waals surface area contributed by atoms with Gasteiger partial charge in [0.15, 0.2) is 0 Å². The molecular formula is C45H57F3N11O2P. The number of likely N-dealkylation sites (N-methyl/N-ethyl adjacent to an activating group) is 1. The first-order valence-corrected chi connectivity index (χ1v) is 21.5. The third-order valence-electron chi connectivity index (χ3n) is 12.3. The number of alkyl halides is 1. The quantitative estimate of drug-likeness (QED) is 0.160. The third-order valence-corrected chi connectivity index (χ3v) is 12.8. The van der Waals surface area contributed by atoms with E-state index in [1.54, 1.807) is 55.8 Å². The summed E-state index contributed by atoms with van der Waals surface area (Å²) in [5, 5.41) is 10.7. The Kier molecular flexibility index (Phi) is 14.0. The highest BCUT2D eigenvalue weighted by molar-refractivity contribution is 7.28. The van der Waals surface area contributed by atoms with Gasteiger partial charge in [0.05, 0.1) is 35.6 Å². The lowest BCUT2D eigenvalue weighted by Gasteiger charge is -2.56. The number of methoxy groups -OCH3 is 1. The number of carbonyl (C=O) groups excluding carboxylic acids is 1. The zero-order valence-corrected chi connectivity index (χ0v) is 37.5. The second-order valence-electron chi connectivity index (χ2n) is 16.4. The number of hydrogen-bond donors (Lipinski definition) is 1. The Hall–Kier alpha value is -5.31. The molecule has 13 nitrogen and oxygen atoms in total. The lowest BCUT2D eigenvalue weighted by molar-refractivity contribution is -0.135. The molecule has 0 spiro atoms. The summed E-state index contributed by atoms with van der Waals surface area (Å²) >= 11 is 0. The van der Waals surface area contributed by atoms with Crippen LogP contribution in [0.1, 0.15) is 38.1 Å². The summed E-state index contributed by atoms with van der Waals surface area (Å²) in [6, 6.07) is 7.05. The van der Waals surface area contributed by atoms with E-state index in [9.17, 15) is 13.6 Å². The standard InChI is InChI=1S/C45H57F3N11O2P/c1-8-9-10-43-50-20-31-15-34(48)16-39-44(31)59(30(4)52-39)27-38(61-7)26-54(5)45(60)41-18-35(53-43)23-58(41)28(2)32(22-51-55(6)40-12-11-33(47)17-42(40)62)21-49-29(3)56-24-36-19-37(25-56)57(36)14-13-46/h8-12,15-17,20-22,35-38,41,53H,3,13-14,18-19,23-27,62H2,1-2,4-7H3/b9-8-,32-28-,43-10+,49-21-,50-20+,51-22-. The highest BCUT2D eigenvalue weighted by Gasteiger charge is 2.44. The number of anilines is 1. The van der Waals surface area contributed by atoms with E-state index >= 15 is 4.39 Å². The van der Waals surface area contributed by atoms with Gasteiger partial charge in [-0.1, -0.05) is 18.7 Å². The van der Waals surface area contributed by atoms with Gasteiger partial charge in [-0.05, 0) is 69.3 Å². The fraction of sp³-hybridized carbons (Fsp3) is 0.444. The number of amides is 1. The van der Waals surface area contributed by atoms with Crippen LogP contribution in [0.5, 0.6) is 0 Å². The number of nitrogens with one attached hydrogen (secondary N) is 1. The Morgan fingerprint density at radius 1 is 1.10 bits per heavy atom. The molecular weight excluding hydrogens is 815 g/mol. The number of imidazole rings is 1. The normalized spacial score (nSPS) is 25.1. The smallest absolute Gasteiger partial charge is 0.245 e. The number of ether oxygens (including phenoxy) is 1. The van der Waals surface area contributed by atoms with Crippen molar-refractivity contribution in [1.82, 2.24) is 34.5 Å². The van der Waals surface area contributed by atoms with Gasteiger partial charge < -0.3 is 29.3 Å². The lowest BCUT2D eigenvalue weighted by Crippen LogP contribution is -2.68. The van der Waals surface area contributed by atoms with Gasteiger partial charge in [0.25, 0.3) is 0 Å². The van der Waals surface area contributed by atoms with Gasteiger partial charge in [-0.25, -0.2) is 28.1 Å². The number of rotatable bonds is 11. The van der Waals surface area contributed by atoms with Crippen molar-refractivity contribution in [2.45, 2.75) is 70.4 Å². The van der Waals surface area contributed by atoms with Crippen LogP contribution in [0.2, 0.25) is 0 Å². The number of allylic oxidation sites excluding steroid dienone is 5. The van der Waals surface area contributed by atoms with E-state index < -0.39 is 18.0 Å². The molecule has 3 aromatic rings. The Balaban J connectivity index is 1.26. The van der Waals surface area contributed by atoms with E-state index in [2.05, 4.69) is 40.8 Å². The van der Waals surface area contributed by atoms with E-state index in [1.807, 2.05) is 43.6 Å². The monoisotopic (exact) mass is 871 g/mol. The van der Waals surface area contributed by atoms with Crippen LogP contribution in [0.25, 0.3) is 11.0 Å². The summed E-state index contributed by atoms with van der Waals surface area (Å²) in [5.74, 6) is 0.942. The van der Waals surface area contributed by atoms with Crippen LogP contribution in [0.15, 0.2) is 93.1 Å². The highest BCUT2D eigenvalue weighted by Crippen LogP contribution is 2.34. The molecule has 5 aliphatic heterocycles. The maximum absolute atomic E-state index is 15.0. The van der Waals surface area contributed by atoms with Crippen LogP contribution in [-0.2, 0) is 16.1 Å².